The maximum Gasteiger partial charge on any atom is 0.228 e. The third-order valence-electron chi connectivity index (χ3n) is 4.08. The Morgan fingerprint density at radius 3 is 2.88 bits per heavy atom. The van der Waals surface area contributed by atoms with Gasteiger partial charge in [0.05, 0.1) is 13.0 Å². The summed E-state index contributed by atoms with van der Waals surface area (Å²) in [6.45, 7) is 0.514. The molecule has 2 heterocycles. The van der Waals surface area contributed by atoms with Gasteiger partial charge in [0.25, 0.3) is 0 Å². The molecule has 1 aromatic carbocycles. The van der Waals surface area contributed by atoms with Gasteiger partial charge in [-0.25, -0.2) is 0 Å². The van der Waals surface area contributed by atoms with Crippen LogP contribution in [-0.2, 0) is 16.0 Å². The van der Waals surface area contributed by atoms with Crippen molar-refractivity contribution < 1.29 is 14.3 Å². The lowest BCUT2D eigenvalue weighted by atomic mass is 9.89. The van der Waals surface area contributed by atoms with E-state index in [1.54, 1.807) is 31.6 Å². The SMILES string of the molecule is COc1ccc2c(c1)[C@@H](C(=O)NCCc1ccncc1)CC(=O)N2. The van der Waals surface area contributed by atoms with Gasteiger partial charge in [0, 0.05) is 31.0 Å². The zero-order valence-electron chi connectivity index (χ0n) is 13.4. The number of carbonyl (C=O) groups excluding carboxylic acids is 2. The van der Waals surface area contributed by atoms with Gasteiger partial charge in [0.1, 0.15) is 5.75 Å². The fourth-order valence-corrected chi connectivity index (χ4v) is 2.80. The lowest BCUT2D eigenvalue weighted by Gasteiger charge is -2.25. The minimum atomic E-state index is -0.499. The van der Waals surface area contributed by atoms with E-state index in [2.05, 4.69) is 15.6 Å². The summed E-state index contributed by atoms with van der Waals surface area (Å²) in [5, 5.41) is 5.72. The Labute approximate surface area is 140 Å². The first-order valence-electron chi connectivity index (χ1n) is 7.82. The van der Waals surface area contributed by atoms with E-state index < -0.39 is 5.92 Å². The van der Waals surface area contributed by atoms with Gasteiger partial charge < -0.3 is 15.4 Å². The summed E-state index contributed by atoms with van der Waals surface area (Å²) in [6, 6.07) is 9.17. The molecule has 0 unspecified atom stereocenters. The molecular formula is C18H19N3O3. The van der Waals surface area contributed by atoms with Gasteiger partial charge in [-0.2, -0.15) is 0 Å². The van der Waals surface area contributed by atoms with Gasteiger partial charge in [0.2, 0.25) is 11.8 Å². The Morgan fingerprint density at radius 2 is 2.12 bits per heavy atom. The van der Waals surface area contributed by atoms with E-state index in [4.69, 9.17) is 4.74 Å². The summed E-state index contributed by atoms with van der Waals surface area (Å²) in [5.41, 5.74) is 2.56. The van der Waals surface area contributed by atoms with Crippen LogP contribution in [0.25, 0.3) is 0 Å². The number of ether oxygens (including phenoxy) is 1. The number of amides is 2. The average Bonchev–Trinajstić information content (AvgIpc) is 2.61. The van der Waals surface area contributed by atoms with Crippen molar-refractivity contribution in [3.05, 3.63) is 53.9 Å². The van der Waals surface area contributed by atoms with Crippen LogP contribution in [0.4, 0.5) is 5.69 Å². The average molecular weight is 325 g/mol. The number of hydrogen-bond acceptors (Lipinski definition) is 4. The quantitative estimate of drug-likeness (QED) is 0.879. The van der Waals surface area contributed by atoms with Crippen LogP contribution in [-0.4, -0.2) is 30.5 Å². The summed E-state index contributed by atoms with van der Waals surface area (Å²) >= 11 is 0. The second kappa shape index (κ2) is 7.12. The van der Waals surface area contributed by atoms with E-state index in [9.17, 15) is 9.59 Å². The zero-order chi connectivity index (χ0) is 16.9. The normalized spacial score (nSPS) is 16.0. The van der Waals surface area contributed by atoms with Crippen molar-refractivity contribution in [2.24, 2.45) is 0 Å². The molecular weight excluding hydrogens is 306 g/mol. The molecule has 3 rings (SSSR count). The number of methoxy groups -OCH3 is 1. The van der Waals surface area contributed by atoms with Gasteiger partial charge in [-0.1, -0.05) is 0 Å². The number of hydrogen-bond donors (Lipinski definition) is 2. The highest BCUT2D eigenvalue weighted by atomic mass is 16.5. The largest absolute Gasteiger partial charge is 0.497 e. The molecule has 0 saturated carbocycles. The van der Waals surface area contributed by atoms with Gasteiger partial charge in [0.15, 0.2) is 0 Å². The molecule has 1 aliphatic rings. The Balaban J connectivity index is 1.69. The number of fused-ring (bicyclic) bond motifs is 1. The van der Waals surface area contributed by atoms with Crippen LogP contribution >= 0.6 is 0 Å². The van der Waals surface area contributed by atoms with Crippen LogP contribution in [0.2, 0.25) is 0 Å². The molecule has 24 heavy (non-hydrogen) atoms. The molecule has 2 N–H and O–H groups in total. The molecule has 0 saturated heterocycles. The Morgan fingerprint density at radius 1 is 1.33 bits per heavy atom. The predicted octanol–water partition coefficient (Wildman–Crippen LogP) is 1.87. The van der Waals surface area contributed by atoms with E-state index in [0.29, 0.717) is 18.0 Å². The summed E-state index contributed by atoms with van der Waals surface area (Å²) in [7, 11) is 1.58. The van der Waals surface area contributed by atoms with E-state index in [-0.39, 0.29) is 18.2 Å². The number of rotatable bonds is 5. The number of anilines is 1. The van der Waals surface area contributed by atoms with Crippen molar-refractivity contribution in [2.45, 2.75) is 18.8 Å². The number of carbonyl (C=O) groups is 2. The highest BCUT2D eigenvalue weighted by molar-refractivity contribution is 6.01. The van der Waals surface area contributed by atoms with Crippen LogP contribution in [0.5, 0.6) is 5.75 Å². The summed E-state index contributed by atoms with van der Waals surface area (Å²) in [4.78, 5) is 28.4. The Kier molecular flexibility index (Phi) is 4.74. The van der Waals surface area contributed by atoms with Crippen molar-refractivity contribution in [1.29, 1.82) is 0 Å². The fraction of sp³-hybridized carbons (Fsp3) is 0.278. The highest BCUT2D eigenvalue weighted by Crippen LogP contribution is 2.34. The molecule has 2 aromatic rings. The Bertz CT molecular complexity index is 746. The van der Waals surface area contributed by atoms with Gasteiger partial charge in [-0.3, -0.25) is 14.6 Å². The molecule has 0 spiro atoms. The van der Waals surface area contributed by atoms with Crippen LogP contribution < -0.4 is 15.4 Å². The monoisotopic (exact) mass is 325 g/mol. The van der Waals surface area contributed by atoms with Crippen LogP contribution in [0.1, 0.15) is 23.5 Å². The number of nitrogens with zero attached hydrogens (tertiary/aromatic N) is 1. The fourth-order valence-electron chi connectivity index (χ4n) is 2.80. The molecule has 0 radical (unpaired) electrons. The third-order valence-corrected chi connectivity index (χ3v) is 4.08. The molecule has 6 nitrogen and oxygen atoms in total. The summed E-state index contributed by atoms with van der Waals surface area (Å²) in [6.07, 6.45) is 4.32. The molecule has 1 aliphatic heterocycles. The minimum Gasteiger partial charge on any atom is -0.497 e. The van der Waals surface area contributed by atoms with Crippen LogP contribution in [0, 0.1) is 0 Å². The van der Waals surface area contributed by atoms with Gasteiger partial charge in [-0.15, -0.1) is 0 Å². The van der Waals surface area contributed by atoms with Crippen molar-refractivity contribution in [3.8, 4) is 5.75 Å². The van der Waals surface area contributed by atoms with E-state index in [1.165, 1.54) is 0 Å². The van der Waals surface area contributed by atoms with Crippen molar-refractivity contribution in [1.82, 2.24) is 10.3 Å². The van der Waals surface area contributed by atoms with Crippen molar-refractivity contribution in [3.63, 3.8) is 0 Å². The number of aromatic nitrogens is 1. The predicted molar refractivity (Wildman–Crippen MR) is 89.9 cm³/mol. The molecule has 1 atom stereocenters. The van der Waals surface area contributed by atoms with Crippen LogP contribution in [0.15, 0.2) is 42.7 Å². The standard InChI is InChI=1S/C18H19N3O3/c1-24-13-2-3-16-14(10-13)15(11-17(22)21-16)18(23)20-9-6-12-4-7-19-8-5-12/h2-5,7-8,10,15H,6,9,11H2,1H3,(H,20,23)(H,21,22)/t15-/m0/s1. The topological polar surface area (TPSA) is 80.3 Å². The van der Waals surface area contributed by atoms with Crippen molar-refractivity contribution in [2.75, 3.05) is 19.0 Å². The molecule has 0 bridgehead atoms. The first kappa shape index (κ1) is 16.0. The maximum absolute atomic E-state index is 12.6. The number of nitrogens with one attached hydrogen (secondary N) is 2. The molecule has 1 aromatic heterocycles. The molecule has 124 valence electrons. The van der Waals surface area contributed by atoms with Gasteiger partial charge >= 0.3 is 0 Å². The highest BCUT2D eigenvalue weighted by Gasteiger charge is 2.30. The summed E-state index contributed by atoms with van der Waals surface area (Å²) in [5.74, 6) is -0.129. The number of pyridine rings is 1. The Hall–Kier alpha value is -2.89. The number of benzene rings is 1. The molecule has 0 aliphatic carbocycles. The maximum atomic E-state index is 12.6. The zero-order valence-corrected chi connectivity index (χ0v) is 13.4. The lowest BCUT2D eigenvalue weighted by Crippen LogP contribution is -2.36. The molecule has 6 heteroatoms. The smallest absolute Gasteiger partial charge is 0.228 e. The molecule has 2 amide bonds. The first-order valence-corrected chi connectivity index (χ1v) is 7.82. The van der Waals surface area contributed by atoms with E-state index in [0.717, 1.165) is 17.5 Å². The van der Waals surface area contributed by atoms with Crippen molar-refractivity contribution >= 4 is 17.5 Å². The molecule has 0 fully saturated rings. The van der Waals surface area contributed by atoms with Gasteiger partial charge in [-0.05, 0) is 47.9 Å². The van der Waals surface area contributed by atoms with E-state index >= 15 is 0 Å². The first-order chi connectivity index (χ1) is 11.7. The summed E-state index contributed by atoms with van der Waals surface area (Å²) < 4.78 is 5.22. The van der Waals surface area contributed by atoms with E-state index in [1.807, 2.05) is 18.2 Å². The third kappa shape index (κ3) is 3.53. The van der Waals surface area contributed by atoms with Crippen LogP contribution in [0.3, 0.4) is 0 Å². The second-order valence-electron chi connectivity index (χ2n) is 5.65. The lowest BCUT2D eigenvalue weighted by molar-refractivity contribution is -0.126. The second-order valence-corrected chi connectivity index (χ2v) is 5.65. The minimum absolute atomic E-state index is 0.140.